The van der Waals surface area contributed by atoms with Gasteiger partial charge in [-0.3, -0.25) is 9.69 Å². The molecule has 0 aliphatic carbocycles. The van der Waals surface area contributed by atoms with Crippen molar-refractivity contribution in [2.24, 2.45) is 0 Å². The first-order valence-corrected chi connectivity index (χ1v) is 8.82. The minimum Gasteiger partial charge on any atom is -0.475 e. The van der Waals surface area contributed by atoms with Crippen molar-refractivity contribution in [1.82, 2.24) is 9.80 Å². The Morgan fingerprint density at radius 2 is 1.86 bits per heavy atom. The average Bonchev–Trinajstić information content (AvgIpc) is 3.18. The molecule has 2 fully saturated rings. The van der Waals surface area contributed by atoms with Crippen molar-refractivity contribution < 1.29 is 32.3 Å². The van der Waals surface area contributed by atoms with E-state index in [9.17, 15) is 22.4 Å². The zero-order valence-corrected chi connectivity index (χ0v) is 15.2. The summed E-state index contributed by atoms with van der Waals surface area (Å²) in [5, 5.41) is 7.12. The molecule has 1 aromatic rings. The van der Waals surface area contributed by atoms with Crippen LogP contribution >= 0.6 is 0 Å². The molecule has 9 heteroatoms. The second-order valence-electron chi connectivity index (χ2n) is 6.69. The van der Waals surface area contributed by atoms with Gasteiger partial charge in [-0.2, -0.15) is 13.2 Å². The largest absolute Gasteiger partial charge is 0.490 e. The van der Waals surface area contributed by atoms with Crippen LogP contribution in [0.25, 0.3) is 0 Å². The van der Waals surface area contributed by atoms with Gasteiger partial charge in [-0.15, -0.1) is 6.58 Å². The Hall–Kier alpha value is -2.42. The lowest BCUT2D eigenvalue weighted by Crippen LogP contribution is -2.40. The number of aliphatic carboxylic acids is 1. The third-order valence-corrected chi connectivity index (χ3v) is 4.86. The van der Waals surface area contributed by atoms with E-state index in [4.69, 9.17) is 9.90 Å². The van der Waals surface area contributed by atoms with Crippen LogP contribution in [0.15, 0.2) is 36.9 Å². The molecule has 28 heavy (non-hydrogen) atoms. The van der Waals surface area contributed by atoms with Gasteiger partial charge >= 0.3 is 12.1 Å². The molecule has 0 unspecified atom stereocenters. The van der Waals surface area contributed by atoms with Crippen molar-refractivity contribution in [2.75, 3.05) is 19.6 Å². The number of likely N-dealkylation sites (tertiary alicyclic amines) is 2. The van der Waals surface area contributed by atoms with Crippen LogP contribution in [0.4, 0.5) is 17.6 Å². The second kappa shape index (κ2) is 9.18. The van der Waals surface area contributed by atoms with Gasteiger partial charge in [0.05, 0.1) is 6.42 Å². The highest BCUT2D eigenvalue weighted by Crippen LogP contribution is 2.31. The number of fused-ring (bicyclic) bond motifs is 1. The van der Waals surface area contributed by atoms with E-state index in [1.165, 1.54) is 12.1 Å². The van der Waals surface area contributed by atoms with Gasteiger partial charge in [-0.1, -0.05) is 18.2 Å². The van der Waals surface area contributed by atoms with Crippen molar-refractivity contribution in [2.45, 2.75) is 37.5 Å². The average molecular weight is 402 g/mol. The highest BCUT2D eigenvalue weighted by Gasteiger charge is 2.43. The minimum absolute atomic E-state index is 0.119. The molecular formula is C19H22F4N2O3. The molecule has 0 saturated carbocycles. The number of nitrogens with zero attached hydrogens (tertiary/aromatic N) is 2. The molecule has 1 amide bonds. The van der Waals surface area contributed by atoms with Crippen LogP contribution in [0.2, 0.25) is 0 Å². The zero-order valence-electron chi connectivity index (χ0n) is 15.2. The summed E-state index contributed by atoms with van der Waals surface area (Å²) in [6.07, 6.45) is -0.789. The molecule has 2 aliphatic heterocycles. The van der Waals surface area contributed by atoms with E-state index in [1.807, 2.05) is 17.0 Å². The van der Waals surface area contributed by atoms with Gasteiger partial charge in [0, 0.05) is 31.7 Å². The molecule has 0 radical (unpaired) electrons. The first kappa shape index (κ1) is 21.9. The summed E-state index contributed by atoms with van der Waals surface area (Å²) in [6.45, 7) is 6.54. The lowest BCUT2D eigenvalue weighted by Gasteiger charge is -2.25. The Balaban J connectivity index is 0.000000345. The zero-order chi connectivity index (χ0) is 20.9. The molecular weight excluding hydrogens is 380 g/mol. The first-order valence-electron chi connectivity index (χ1n) is 8.82. The highest BCUT2D eigenvalue weighted by atomic mass is 19.4. The molecule has 2 atom stereocenters. The number of hydrogen-bond acceptors (Lipinski definition) is 3. The van der Waals surface area contributed by atoms with Crippen molar-refractivity contribution in [3.8, 4) is 0 Å². The fourth-order valence-electron chi connectivity index (χ4n) is 3.70. The number of hydrogen-bond donors (Lipinski definition) is 1. The van der Waals surface area contributed by atoms with E-state index < -0.39 is 12.1 Å². The predicted molar refractivity (Wildman–Crippen MR) is 94.1 cm³/mol. The Labute approximate surface area is 160 Å². The molecule has 2 aliphatic rings. The molecule has 1 N–H and O–H groups in total. The van der Waals surface area contributed by atoms with Crippen LogP contribution in [0.5, 0.6) is 0 Å². The van der Waals surface area contributed by atoms with Gasteiger partial charge in [0.25, 0.3) is 0 Å². The maximum atomic E-state index is 13.2. The van der Waals surface area contributed by atoms with E-state index in [0.29, 0.717) is 18.5 Å². The summed E-state index contributed by atoms with van der Waals surface area (Å²) in [5.41, 5.74) is 0.754. The third-order valence-electron chi connectivity index (χ3n) is 4.86. The topological polar surface area (TPSA) is 60.9 Å². The molecule has 0 spiro atoms. The predicted octanol–water partition coefficient (Wildman–Crippen LogP) is 2.86. The summed E-state index contributed by atoms with van der Waals surface area (Å²) in [7, 11) is 0. The Morgan fingerprint density at radius 1 is 1.21 bits per heavy atom. The summed E-state index contributed by atoms with van der Waals surface area (Å²) >= 11 is 0. The monoisotopic (exact) mass is 402 g/mol. The second-order valence-corrected chi connectivity index (χ2v) is 6.69. The number of carbonyl (C=O) groups excluding carboxylic acids is 1. The molecule has 5 nitrogen and oxygen atoms in total. The van der Waals surface area contributed by atoms with Crippen LogP contribution in [-0.2, 0) is 16.0 Å². The summed E-state index contributed by atoms with van der Waals surface area (Å²) in [5.74, 6) is -2.92. The highest BCUT2D eigenvalue weighted by molar-refractivity contribution is 5.79. The van der Waals surface area contributed by atoms with E-state index in [2.05, 4.69) is 11.5 Å². The Morgan fingerprint density at radius 3 is 2.43 bits per heavy atom. The normalized spacial score (nSPS) is 21.6. The van der Waals surface area contributed by atoms with Crippen molar-refractivity contribution in [3.05, 3.63) is 48.3 Å². The summed E-state index contributed by atoms with van der Waals surface area (Å²) in [6, 6.07) is 7.12. The standard InChI is InChI=1S/C17H21FN2O.C2HF3O2/c1-2-8-19-9-6-16-15(19)7-10-20(16)17(21)12-13-4-3-5-14(18)11-13;3-2(4,5)1(6)7/h2-5,11,15-16H,1,6-10,12H2;(H,6,7)/t15-,16+;/m0./s1. The SMILES string of the molecule is C=CCN1CC[C@@H]2[C@@H]1CCN2C(=O)Cc1cccc(F)c1.O=C(O)C(F)(F)F. The van der Waals surface area contributed by atoms with Crippen LogP contribution in [0.1, 0.15) is 18.4 Å². The molecule has 2 heterocycles. The lowest BCUT2D eigenvalue weighted by molar-refractivity contribution is -0.192. The van der Waals surface area contributed by atoms with E-state index in [1.54, 1.807) is 6.07 Å². The third kappa shape index (κ3) is 5.54. The van der Waals surface area contributed by atoms with Crippen molar-refractivity contribution in [3.63, 3.8) is 0 Å². The number of halogens is 4. The fourth-order valence-corrected chi connectivity index (χ4v) is 3.70. The Kier molecular flexibility index (Phi) is 7.17. The maximum absolute atomic E-state index is 13.2. The van der Waals surface area contributed by atoms with Gasteiger partial charge < -0.3 is 10.0 Å². The van der Waals surface area contributed by atoms with Crippen molar-refractivity contribution in [1.29, 1.82) is 0 Å². The molecule has 2 saturated heterocycles. The van der Waals surface area contributed by atoms with Crippen LogP contribution in [0.3, 0.4) is 0 Å². The lowest BCUT2D eigenvalue weighted by atomic mass is 10.1. The van der Waals surface area contributed by atoms with Gasteiger partial charge in [-0.05, 0) is 30.5 Å². The van der Waals surface area contributed by atoms with E-state index >= 15 is 0 Å². The molecule has 1 aromatic carbocycles. The number of amides is 1. The van der Waals surface area contributed by atoms with E-state index in [-0.39, 0.29) is 11.7 Å². The number of alkyl halides is 3. The summed E-state index contributed by atoms with van der Waals surface area (Å²) in [4.78, 5) is 25.8. The molecule has 0 aromatic heterocycles. The van der Waals surface area contributed by atoms with Crippen LogP contribution in [0, 0.1) is 5.82 Å². The Bertz CT molecular complexity index is 723. The quantitative estimate of drug-likeness (QED) is 0.622. The van der Waals surface area contributed by atoms with Gasteiger partial charge in [0.15, 0.2) is 0 Å². The maximum Gasteiger partial charge on any atom is 0.490 e. The van der Waals surface area contributed by atoms with Crippen LogP contribution in [-0.4, -0.2) is 64.7 Å². The minimum atomic E-state index is -5.08. The smallest absolute Gasteiger partial charge is 0.475 e. The van der Waals surface area contributed by atoms with E-state index in [0.717, 1.165) is 38.0 Å². The number of rotatable bonds is 4. The number of benzene rings is 1. The molecule has 3 rings (SSSR count). The fraction of sp³-hybridized carbons (Fsp3) is 0.474. The number of carboxylic acids is 1. The molecule has 0 bridgehead atoms. The van der Waals surface area contributed by atoms with Gasteiger partial charge in [-0.25, -0.2) is 9.18 Å². The number of carboxylic acid groups (broad SMARTS) is 1. The van der Waals surface area contributed by atoms with Crippen LogP contribution < -0.4 is 0 Å². The van der Waals surface area contributed by atoms with Gasteiger partial charge in [0.2, 0.25) is 5.91 Å². The van der Waals surface area contributed by atoms with Crippen molar-refractivity contribution >= 4 is 11.9 Å². The summed E-state index contributed by atoms with van der Waals surface area (Å²) < 4.78 is 44.9. The first-order chi connectivity index (χ1) is 13.1. The van der Waals surface area contributed by atoms with Gasteiger partial charge in [0.1, 0.15) is 5.82 Å². The number of carbonyl (C=O) groups is 2. The molecule has 154 valence electrons.